The molecule has 0 aromatic heterocycles. The normalized spacial score (nSPS) is 14.9. The lowest BCUT2D eigenvalue weighted by molar-refractivity contribution is 0.0419. The van der Waals surface area contributed by atoms with Gasteiger partial charge < -0.3 is 18.9 Å². The summed E-state index contributed by atoms with van der Waals surface area (Å²) < 4.78 is 21.8. The number of ether oxygens (including phenoxy) is 4. The maximum atomic E-state index is 12.0. The van der Waals surface area contributed by atoms with Crippen LogP contribution in [0, 0.1) is 0 Å². The number of rotatable bonds is 9. The van der Waals surface area contributed by atoms with Gasteiger partial charge in [-0.25, -0.2) is 4.79 Å². The fourth-order valence-electron chi connectivity index (χ4n) is 3.62. The quantitative estimate of drug-likeness (QED) is 0.585. The minimum Gasteiger partial charge on any atom is -0.493 e. The summed E-state index contributed by atoms with van der Waals surface area (Å²) in [5.41, 5.74) is 1.66. The summed E-state index contributed by atoms with van der Waals surface area (Å²) >= 11 is 0. The second-order valence-corrected chi connectivity index (χ2v) is 7.11. The van der Waals surface area contributed by atoms with Gasteiger partial charge in [-0.2, -0.15) is 0 Å². The molecule has 2 aromatic rings. The van der Waals surface area contributed by atoms with Gasteiger partial charge in [-0.3, -0.25) is 9.80 Å². The lowest BCUT2D eigenvalue weighted by Gasteiger charge is -2.34. The first-order valence-electron chi connectivity index (χ1n) is 10.1. The number of piperazine rings is 1. The van der Waals surface area contributed by atoms with Crippen molar-refractivity contribution in [1.29, 1.82) is 0 Å². The van der Waals surface area contributed by atoms with Crippen molar-refractivity contribution in [3.05, 3.63) is 53.6 Å². The molecule has 1 fully saturated rings. The predicted octanol–water partition coefficient (Wildman–Crippen LogP) is 2.69. The summed E-state index contributed by atoms with van der Waals surface area (Å²) in [5.74, 6) is 1.73. The van der Waals surface area contributed by atoms with Crippen LogP contribution in [0.2, 0.25) is 0 Å². The highest BCUT2D eigenvalue weighted by molar-refractivity contribution is 5.89. The third-order valence-corrected chi connectivity index (χ3v) is 5.29. The van der Waals surface area contributed by atoms with Crippen molar-refractivity contribution in [1.82, 2.24) is 9.80 Å². The molecule has 162 valence electrons. The van der Waals surface area contributed by atoms with E-state index in [1.54, 1.807) is 33.5 Å². The number of nitrogens with zero attached hydrogens (tertiary/aromatic N) is 2. The van der Waals surface area contributed by atoms with Gasteiger partial charge in [0.05, 0.1) is 26.9 Å². The first-order chi connectivity index (χ1) is 14.7. The Bertz CT molecular complexity index is 820. The lowest BCUT2D eigenvalue weighted by atomic mass is 10.1. The Morgan fingerprint density at radius 3 is 2.13 bits per heavy atom. The molecule has 0 bridgehead atoms. The molecule has 7 heteroatoms. The van der Waals surface area contributed by atoms with E-state index in [9.17, 15) is 4.79 Å². The van der Waals surface area contributed by atoms with Crippen molar-refractivity contribution in [3.63, 3.8) is 0 Å². The number of carbonyl (C=O) groups is 1. The van der Waals surface area contributed by atoms with Gasteiger partial charge in [-0.1, -0.05) is 24.3 Å². The molecule has 0 N–H and O–H groups in total. The average Bonchev–Trinajstić information content (AvgIpc) is 2.80. The van der Waals surface area contributed by atoms with Crippen LogP contribution < -0.4 is 14.2 Å². The van der Waals surface area contributed by atoms with Crippen LogP contribution in [0.4, 0.5) is 0 Å². The van der Waals surface area contributed by atoms with Crippen molar-refractivity contribution in [3.8, 4) is 17.2 Å². The predicted molar refractivity (Wildman–Crippen MR) is 115 cm³/mol. The highest BCUT2D eigenvalue weighted by Crippen LogP contribution is 2.40. The SMILES string of the molecule is COc1ccc(CN2CCN(CCOC(=O)c3ccccc3)CC2)c(OC)c1OC. The number of hydrogen-bond donors (Lipinski definition) is 0. The van der Waals surface area contributed by atoms with Crippen molar-refractivity contribution in [2.45, 2.75) is 6.54 Å². The number of esters is 1. The molecule has 0 spiro atoms. The molecule has 1 aliphatic rings. The molecule has 0 atom stereocenters. The monoisotopic (exact) mass is 414 g/mol. The van der Waals surface area contributed by atoms with E-state index < -0.39 is 0 Å². The van der Waals surface area contributed by atoms with E-state index in [-0.39, 0.29) is 5.97 Å². The fraction of sp³-hybridized carbons (Fsp3) is 0.435. The molecule has 7 nitrogen and oxygen atoms in total. The third kappa shape index (κ3) is 5.43. The summed E-state index contributed by atoms with van der Waals surface area (Å²) in [6.45, 7) is 5.65. The minimum atomic E-state index is -0.269. The van der Waals surface area contributed by atoms with Gasteiger partial charge in [-0.15, -0.1) is 0 Å². The Labute approximate surface area is 178 Å². The van der Waals surface area contributed by atoms with Gasteiger partial charge in [0.1, 0.15) is 6.61 Å². The molecule has 30 heavy (non-hydrogen) atoms. The zero-order chi connectivity index (χ0) is 21.3. The Kier molecular flexibility index (Phi) is 7.93. The van der Waals surface area contributed by atoms with Crippen LogP contribution in [0.15, 0.2) is 42.5 Å². The van der Waals surface area contributed by atoms with Gasteiger partial charge in [0.15, 0.2) is 11.5 Å². The molecule has 1 aliphatic heterocycles. The number of hydrogen-bond acceptors (Lipinski definition) is 7. The maximum absolute atomic E-state index is 12.0. The van der Waals surface area contributed by atoms with E-state index in [0.29, 0.717) is 29.4 Å². The van der Waals surface area contributed by atoms with Gasteiger partial charge >= 0.3 is 5.97 Å². The van der Waals surface area contributed by atoms with Gasteiger partial charge in [0.25, 0.3) is 0 Å². The van der Waals surface area contributed by atoms with Crippen LogP contribution in [0.1, 0.15) is 15.9 Å². The van der Waals surface area contributed by atoms with Crippen LogP contribution in [-0.4, -0.2) is 76.4 Å². The lowest BCUT2D eigenvalue weighted by Crippen LogP contribution is -2.46. The highest BCUT2D eigenvalue weighted by atomic mass is 16.5. The Morgan fingerprint density at radius 1 is 0.833 bits per heavy atom. The van der Waals surface area contributed by atoms with Crippen LogP contribution in [0.25, 0.3) is 0 Å². The number of carbonyl (C=O) groups excluding carboxylic acids is 1. The molecule has 0 radical (unpaired) electrons. The fourth-order valence-corrected chi connectivity index (χ4v) is 3.62. The summed E-state index contributed by atoms with van der Waals surface area (Å²) in [6.07, 6.45) is 0. The standard InChI is InChI=1S/C23H30N2O5/c1-27-20-10-9-19(21(28-2)22(20)29-3)17-25-13-11-24(12-14-25)15-16-30-23(26)18-7-5-4-6-8-18/h4-10H,11-17H2,1-3H3. The highest BCUT2D eigenvalue weighted by Gasteiger charge is 2.21. The second kappa shape index (κ2) is 10.8. The Morgan fingerprint density at radius 2 is 1.50 bits per heavy atom. The van der Waals surface area contributed by atoms with E-state index in [1.807, 2.05) is 30.3 Å². The van der Waals surface area contributed by atoms with Crippen molar-refractivity contribution in [2.24, 2.45) is 0 Å². The Hall–Kier alpha value is -2.77. The average molecular weight is 415 g/mol. The first-order valence-corrected chi connectivity index (χ1v) is 10.1. The summed E-state index contributed by atoms with van der Waals surface area (Å²) in [6, 6.07) is 13.0. The third-order valence-electron chi connectivity index (χ3n) is 5.29. The smallest absolute Gasteiger partial charge is 0.338 e. The van der Waals surface area contributed by atoms with Gasteiger partial charge in [0, 0.05) is 44.8 Å². The Balaban J connectivity index is 1.46. The molecule has 1 saturated heterocycles. The van der Waals surface area contributed by atoms with E-state index in [1.165, 1.54) is 0 Å². The topological polar surface area (TPSA) is 60.5 Å². The van der Waals surface area contributed by atoms with E-state index >= 15 is 0 Å². The van der Waals surface area contributed by atoms with Crippen molar-refractivity contribution >= 4 is 5.97 Å². The number of methoxy groups -OCH3 is 3. The molecular weight excluding hydrogens is 384 g/mol. The van der Waals surface area contributed by atoms with E-state index in [4.69, 9.17) is 18.9 Å². The molecule has 0 aliphatic carbocycles. The molecule has 2 aromatic carbocycles. The van der Waals surface area contributed by atoms with Gasteiger partial charge in [0.2, 0.25) is 5.75 Å². The molecule has 0 saturated carbocycles. The first kappa shape index (κ1) is 21.9. The summed E-state index contributed by atoms with van der Waals surface area (Å²) in [7, 11) is 4.89. The van der Waals surface area contributed by atoms with Crippen LogP contribution in [0.3, 0.4) is 0 Å². The summed E-state index contributed by atoms with van der Waals surface area (Å²) in [4.78, 5) is 16.7. The zero-order valence-corrected chi connectivity index (χ0v) is 17.9. The van der Waals surface area contributed by atoms with Crippen LogP contribution in [-0.2, 0) is 11.3 Å². The molecular formula is C23H30N2O5. The largest absolute Gasteiger partial charge is 0.493 e. The molecule has 0 amide bonds. The van der Waals surface area contributed by atoms with Crippen molar-refractivity contribution < 1.29 is 23.7 Å². The van der Waals surface area contributed by atoms with Crippen LogP contribution in [0.5, 0.6) is 17.2 Å². The molecule has 0 unspecified atom stereocenters. The second-order valence-electron chi connectivity index (χ2n) is 7.11. The minimum absolute atomic E-state index is 0.269. The van der Waals surface area contributed by atoms with E-state index in [0.717, 1.165) is 44.8 Å². The maximum Gasteiger partial charge on any atom is 0.338 e. The van der Waals surface area contributed by atoms with E-state index in [2.05, 4.69) is 9.80 Å². The molecule has 1 heterocycles. The molecule has 3 rings (SSSR count). The summed E-state index contributed by atoms with van der Waals surface area (Å²) in [5, 5.41) is 0. The van der Waals surface area contributed by atoms with Crippen molar-refractivity contribution in [2.75, 3.05) is 60.7 Å². The van der Waals surface area contributed by atoms with Gasteiger partial charge in [-0.05, 0) is 18.2 Å². The number of benzene rings is 2. The zero-order valence-electron chi connectivity index (χ0n) is 17.9. The van der Waals surface area contributed by atoms with Crippen LogP contribution >= 0.6 is 0 Å².